The van der Waals surface area contributed by atoms with E-state index in [2.05, 4.69) is 4.72 Å². The average Bonchev–Trinajstić information content (AvgIpc) is 2.59. The lowest BCUT2D eigenvalue weighted by atomic mass is 10.2. The maximum atomic E-state index is 13.8. The van der Waals surface area contributed by atoms with Gasteiger partial charge in [-0.25, -0.2) is 21.9 Å². The highest BCUT2D eigenvalue weighted by molar-refractivity contribution is 7.89. The third-order valence-corrected chi connectivity index (χ3v) is 5.19. The fourth-order valence-corrected chi connectivity index (χ4v) is 3.20. The van der Waals surface area contributed by atoms with Gasteiger partial charge in [0, 0.05) is 12.1 Å². The molecule has 2 rings (SSSR count). The lowest BCUT2D eigenvalue weighted by molar-refractivity contribution is 0.309. The van der Waals surface area contributed by atoms with Gasteiger partial charge in [-0.3, -0.25) is 0 Å². The van der Waals surface area contributed by atoms with Gasteiger partial charge in [0.25, 0.3) is 0 Å². The number of hydrogen-bond donors (Lipinski definition) is 1. The van der Waals surface area contributed by atoms with E-state index in [0.29, 0.717) is 12.4 Å². The van der Waals surface area contributed by atoms with E-state index in [9.17, 15) is 17.2 Å². The van der Waals surface area contributed by atoms with Gasteiger partial charge >= 0.3 is 0 Å². The molecule has 0 fully saturated rings. The summed E-state index contributed by atoms with van der Waals surface area (Å²) in [6.45, 7) is 2.04. The first-order chi connectivity index (χ1) is 11.8. The highest BCUT2D eigenvalue weighted by Gasteiger charge is 2.18. The molecule has 0 atom stereocenters. The highest BCUT2D eigenvalue weighted by atomic mass is 35.5. The van der Waals surface area contributed by atoms with Crippen molar-refractivity contribution in [2.24, 2.45) is 0 Å². The van der Waals surface area contributed by atoms with E-state index >= 15 is 0 Å². The fraction of sp³-hybridized carbons (Fsp3) is 0.294. The number of halogens is 3. The molecule has 2 aromatic rings. The summed E-state index contributed by atoms with van der Waals surface area (Å²) in [4.78, 5) is -0.0295. The minimum atomic E-state index is -3.93. The Morgan fingerprint density at radius 2 is 1.80 bits per heavy atom. The molecule has 0 aliphatic heterocycles. The summed E-state index contributed by atoms with van der Waals surface area (Å²) in [5.41, 5.74) is -0.435. The molecule has 25 heavy (non-hydrogen) atoms. The molecule has 1 N–H and O–H groups in total. The molecule has 0 saturated carbocycles. The predicted molar refractivity (Wildman–Crippen MR) is 92.2 cm³/mol. The first-order valence-corrected chi connectivity index (χ1v) is 9.56. The zero-order chi connectivity index (χ0) is 18.4. The van der Waals surface area contributed by atoms with Crippen LogP contribution in [0.2, 0.25) is 5.02 Å². The number of hydrogen-bond acceptors (Lipinski definition) is 3. The molecule has 4 nitrogen and oxygen atoms in total. The van der Waals surface area contributed by atoms with Gasteiger partial charge in [0.2, 0.25) is 10.0 Å². The molecule has 0 heterocycles. The van der Waals surface area contributed by atoms with E-state index in [1.807, 2.05) is 6.92 Å². The monoisotopic (exact) mass is 389 g/mol. The molecule has 136 valence electrons. The summed E-state index contributed by atoms with van der Waals surface area (Å²) in [6, 6.07) is 7.86. The molecule has 0 aliphatic carbocycles. The van der Waals surface area contributed by atoms with Crippen LogP contribution in [0, 0.1) is 11.6 Å². The first kappa shape index (κ1) is 19.6. The van der Waals surface area contributed by atoms with Gasteiger partial charge < -0.3 is 4.74 Å². The van der Waals surface area contributed by atoms with Crippen molar-refractivity contribution in [3.8, 4) is 5.75 Å². The Kier molecular flexibility index (Phi) is 6.75. The minimum absolute atomic E-state index is 0.0295. The van der Waals surface area contributed by atoms with Crippen molar-refractivity contribution in [3.05, 3.63) is 58.6 Å². The van der Waals surface area contributed by atoms with E-state index in [-0.39, 0.29) is 9.92 Å². The average molecular weight is 390 g/mol. The van der Waals surface area contributed by atoms with Gasteiger partial charge in [0.1, 0.15) is 17.4 Å². The van der Waals surface area contributed by atoms with E-state index in [1.54, 1.807) is 0 Å². The van der Waals surface area contributed by atoms with Crippen molar-refractivity contribution in [3.63, 3.8) is 0 Å². The Hall–Kier alpha value is -1.70. The number of benzene rings is 2. The third kappa shape index (κ3) is 5.14. The van der Waals surface area contributed by atoms with Gasteiger partial charge in [0.15, 0.2) is 0 Å². The summed E-state index contributed by atoms with van der Waals surface area (Å²) >= 11 is 5.59. The Bertz CT molecular complexity index is 827. The standard InChI is InChI=1S/C17H18ClF2NO3S/c1-2-3-10-24-12-4-6-13(7-5-12)25(22,23)21-11-14-16(19)9-8-15(18)17(14)20/h4-9,21H,2-3,10-11H2,1H3. The minimum Gasteiger partial charge on any atom is -0.494 e. The lowest BCUT2D eigenvalue weighted by Crippen LogP contribution is -2.24. The highest BCUT2D eigenvalue weighted by Crippen LogP contribution is 2.22. The SMILES string of the molecule is CCCCOc1ccc(S(=O)(=O)NCc2c(F)ccc(Cl)c2F)cc1. The van der Waals surface area contributed by atoms with Crippen LogP contribution in [0.15, 0.2) is 41.3 Å². The van der Waals surface area contributed by atoms with E-state index < -0.39 is 33.8 Å². The Morgan fingerprint density at radius 1 is 1.12 bits per heavy atom. The molecule has 2 aromatic carbocycles. The van der Waals surface area contributed by atoms with Gasteiger partial charge in [0.05, 0.1) is 16.5 Å². The summed E-state index contributed by atoms with van der Waals surface area (Å²) < 4.78 is 59.6. The number of ether oxygens (including phenoxy) is 1. The van der Waals surface area contributed by atoms with Crippen molar-refractivity contribution in [1.82, 2.24) is 4.72 Å². The molecule has 8 heteroatoms. The Balaban J connectivity index is 2.08. The van der Waals surface area contributed by atoms with Gasteiger partial charge in [-0.15, -0.1) is 0 Å². The van der Waals surface area contributed by atoms with Crippen molar-refractivity contribution < 1.29 is 21.9 Å². The smallest absolute Gasteiger partial charge is 0.240 e. The molecule has 0 aromatic heterocycles. The quantitative estimate of drug-likeness (QED) is 0.541. The van der Waals surface area contributed by atoms with Gasteiger partial charge in [-0.05, 0) is 42.8 Å². The normalized spacial score (nSPS) is 11.5. The molecular weight excluding hydrogens is 372 g/mol. The number of unbranched alkanes of at least 4 members (excludes halogenated alkanes) is 1. The van der Waals surface area contributed by atoms with Crippen LogP contribution >= 0.6 is 11.6 Å². The third-order valence-electron chi connectivity index (χ3n) is 3.48. The zero-order valence-electron chi connectivity index (χ0n) is 13.6. The topological polar surface area (TPSA) is 55.4 Å². The van der Waals surface area contributed by atoms with Crippen molar-refractivity contribution in [2.45, 2.75) is 31.2 Å². The van der Waals surface area contributed by atoms with Crippen LogP contribution in [0.3, 0.4) is 0 Å². The van der Waals surface area contributed by atoms with Crippen LogP contribution in [0.4, 0.5) is 8.78 Å². The van der Waals surface area contributed by atoms with Crippen LogP contribution < -0.4 is 9.46 Å². The second-order valence-electron chi connectivity index (χ2n) is 5.32. The molecule has 0 spiro atoms. The Labute approximate surface area is 150 Å². The number of rotatable bonds is 8. The van der Waals surface area contributed by atoms with Crippen LogP contribution in [0.1, 0.15) is 25.3 Å². The molecular formula is C17H18ClF2NO3S. The molecule has 0 bridgehead atoms. The molecule has 0 radical (unpaired) electrons. The van der Waals surface area contributed by atoms with E-state index in [1.165, 1.54) is 24.3 Å². The van der Waals surface area contributed by atoms with Crippen molar-refractivity contribution >= 4 is 21.6 Å². The van der Waals surface area contributed by atoms with Crippen LogP contribution in [-0.2, 0) is 16.6 Å². The Morgan fingerprint density at radius 3 is 2.44 bits per heavy atom. The van der Waals surface area contributed by atoms with Crippen LogP contribution in [0.5, 0.6) is 5.75 Å². The lowest BCUT2D eigenvalue weighted by Gasteiger charge is -2.10. The summed E-state index contributed by atoms with van der Waals surface area (Å²) in [6.07, 6.45) is 1.89. The van der Waals surface area contributed by atoms with Gasteiger partial charge in [-0.2, -0.15) is 0 Å². The second kappa shape index (κ2) is 8.60. The van der Waals surface area contributed by atoms with E-state index in [4.69, 9.17) is 16.3 Å². The molecule has 0 unspecified atom stereocenters. The molecule has 0 aliphatic rings. The second-order valence-corrected chi connectivity index (χ2v) is 7.49. The summed E-state index contributed by atoms with van der Waals surface area (Å²) in [5, 5.41) is -0.274. The summed E-state index contributed by atoms with van der Waals surface area (Å²) in [5.74, 6) is -1.30. The predicted octanol–water partition coefficient (Wildman–Crippen LogP) is 4.28. The van der Waals surface area contributed by atoms with Crippen molar-refractivity contribution in [2.75, 3.05) is 6.61 Å². The molecule has 0 saturated heterocycles. The number of sulfonamides is 1. The number of nitrogens with one attached hydrogen (secondary N) is 1. The van der Waals surface area contributed by atoms with Crippen LogP contribution in [-0.4, -0.2) is 15.0 Å². The first-order valence-electron chi connectivity index (χ1n) is 7.70. The fourth-order valence-electron chi connectivity index (χ4n) is 2.03. The van der Waals surface area contributed by atoms with Gasteiger partial charge in [-0.1, -0.05) is 24.9 Å². The van der Waals surface area contributed by atoms with Crippen LogP contribution in [0.25, 0.3) is 0 Å². The maximum Gasteiger partial charge on any atom is 0.240 e. The largest absolute Gasteiger partial charge is 0.494 e. The van der Waals surface area contributed by atoms with E-state index in [0.717, 1.165) is 25.0 Å². The molecule has 0 amide bonds. The van der Waals surface area contributed by atoms with Crippen molar-refractivity contribution in [1.29, 1.82) is 0 Å². The maximum absolute atomic E-state index is 13.8. The zero-order valence-corrected chi connectivity index (χ0v) is 15.1. The summed E-state index contributed by atoms with van der Waals surface area (Å²) in [7, 11) is -3.93.